The molecule has 3 heterocycles. The van der Waals surface area contributed by atoms with E-state index in [1.54, 1.807) is 6.26 Å². The van der Waals surface area contributed by atoms with E-state index in [4.69, 9.17) is 14.0 Å². The van der Waals surface area contributed by atoms with Crippen LogP contribution < -0.4 is 5.32 Å². The predicted octanol–water partition coefficient (Wildman–Crippen LogP) is 0.952. The van der Waals surface area contributed by atoms with E-state index in [0.29, 0.717) is 11.9 Å². The van der Waals surface area contributed by atoms with Crippen LogP contribution >= 0.6 is 0 Å². The summed E-state index contributed by atoms with van der Waals surface area (Å²) >= 11 is 0. The molecule has 0 spiro atoms. The van der Waals surface area contributed by atoms with Crippen molar-refractivity contribution in [1.29, 1.82) is 0 Å². The van der Waals surface area contributed by atoms with Gasteiger partial charge in [0.05, 0.1) is 12.8 Å². The van der Waals surface area contributed by atoms with Crippen molar-refractivity contribution in [2.75, 3.05) is 19.6 Å². The highest BCUT2D eigenvalue weighted by Gasteiger charge is 2.19. The van der Waals surface area contributed by atoms with Crippen LogP contribution in [-0.2, 0) is 19.6 Å². The minimum Gasteiger partial charge on any atom is -0.468 e. The molecule has 7 heteroatoms. The minimum absolute atomic E-state index is 0.200. The molecule has 0 unspecified atom stereocenters. The van der Waals surface area contributed by atoms with E-state index >= 15 is 0 Å². The first-order chi connectivity index (χ1) is 10.8. The Labute approximate surface area is 129 Å². The van der Waals surface area contributed by atoms with Gasteiger partial charge in [-0.1, -0.05) is 5.16 Å². The highest BCUT2D eigenvalue weighted by Crippen LogP contribution is 2.14. The smallest absolute Gasteiger partial charge is 0.252 e. The fourth-order valence-corrected chi connectivity index (χ4v) is 2.76. The molecule has 2 N–H and O–H groups in total. The summed E-state index contributed by atoms with van der Waals surface area (Å²) in [4.78, 5) is 6.50. The van der Waals surface area contributed by atoms with Crippen LogP contribution in [-0.4, -0.2) is 45.8 Å². The van der Waals surface area contributed by atoms with Crippen molar-refractivity contribution in [3.8, 4) is 0 Å². The molecule has 2 aromatic heterocycles. The number of piperidine rings is 1. The number of furan rings is 1. The number of hydrogen-bond donors (Lipinski definition) is 2. The van der Waals surface area contributed by atoms with Gasteiger partial charge in [0, 0.05) is 32.1 Å². The fourth-order valence-electron chi connectivity index (χ4n) is 2.76. The number of nitrogens with zero attached hydrogens (tertiary/aromatic N) is 3. The molecule has 0 bridgehead atoms. The van der Waals surface area contributed by atoms with Crippen molar-refractivity contribution in [3.63, 3.8) is 0 Å². The van der Waals surface area contributed by atoms with Gasteiger partial charge in [0.25, 0.3) is 5.89 Å². The standard InChI is InChI=1S/C15H22N4O3/c20-11-15-17-14(18-22-15)3-6-16-12-4-7-19(8-5-12)10-13-2-1-9-21-13/h1-2,9,12,16,20H,3-8,10-11H2. The Balaban J connectivity index is 1.33. The molecule has 0 atom stereocenters. The van der Waals surface area contributed by atoms with E-state index in [1.165, 1.54) is 0 Å². The van der Waals surface area contributed by atoms with Crippen molar-refractivity contribution < 1.29 is 14.0 Å². The Bertz CT molecular complexity index is 547. The SMILES string of the molecule is OCc1nc(CCNC2CCN(Cc3ccco3)CC2)no1. The molecule has 2 aromatic rings. The number of rotatable bonds is 7. The zero-order chi connectivity index (χ0) is 15.2. The normalized spacial score (nSPS) is 17.1. The summed E-state index contributed by atoms with van der Waals surface area (Å²) in [5, 5.41) is 16.2. The first-order valence-corrected chi connectivity index (χ1v) is 7.74. The van der Waals surface area contributed by atoms with Gasteiger partial charge in [-0.25, -0.2) is 0 Å². The van der Waals surface area contributed by atoms with Gasteiger partial charge in [0.2, 0.25) is 0 Å². The highest BCUT2D eigenvalue weighted by atomic mass is 16.5. The quantitative estimate of drug-likeness (QED) is 0.787. The summed E-state index contributed by atoms with van der Waals surface area (Å²) in [6.07, 6.45) is 4.71. The largest absolute Gasteiger partial charge is 0.468 e. The number of aromatic nitrogens is 2. The summed E-state index contributed by atoms with van der Waals surface area (Å²) in [5.74, 6) is 1.95. The van der Waals surface area contributed by atoms with Crippen molar-refractivity contribution in [2.45, 2.75) is 38.5 Å². The molecule has 0 aromatic carbocycles. The molecular weight excluding hydrogens is 284 g/mol. The number of aliphatic hydroxyl groups excluding tert-OH is 1. The number of likely N-dealkylation sites (tertiary alicyclic amines) is 1. The predicted molar refractivity (Wildman–Crippen MR) is 78.9 cm³/mol. The van der Waals surface area contributed by atoms with Gasteiger partial charge in [-0.15, -0.1) is 0 Å². The van der Waals surface area contributed by atoms with E-state index in [0.717, 1.165) is 51.2 Å². The number of hydrogen-bond acceptors (Lipinski definition) is 7. The first-order valence-electron chi connectivity index (χ1n) is 7.74. The van der Waals surface area contributed by atoms with E-state index in [2.05, 4.69) is 20.4 Å². The molecule has 120 valence electrons. The van der Waals surface area contributed by atoms with Gasteiger partial charge < -0.3 is 19.4 Å². The molecule has 1 aliphatic rings. The van der Waals surface area contributed by atoms with E-state index in [9.17, 15) is 0 Å². The molecular formula is C15H22N4O3. The number of aliphatic hydroxyl groups is 1. The molecule has 0 aliphatic carbocycles. The first kappa shape index (κ1) is 15.2. The van der Waals surface area contributed by atoms with E-state index in [1.807, 2.05) is 12.1 Å². The monoisotopic (exact) mass is 306 g/mol. The fraction of sp³-hybridized carbons (Fsp3) is 0.600. The van der Waals surface area contributed by atoms with Crippen LogP contribution in [0.2, 0.25) is 0 Å². The molecule has 1 saturated heterocycles. The molecule has 7 nitrogen and oxygen atoms in total. The summed E-state index contributed by atoms with van der Waals surface area (Å²) in [6, 6.07) is 4.50. The Kier molecular flexibility index (Phi) is 5.20. The second-order valence-electron chi connectivity index (χ2n) is 5.60. The average Bonchev–Trinajstić information content (AvgIpc) is 3.20. The summed E-state index contributed by atoms with van der Waals surface area (Å²) in [5.41, 5.74) is 0. The zero-order valence-electron chi connectivity index (χ0n) is 12.6. The maximum Gasteiger partial charge on any atom is 0.252 e. The van der Waals surface area contributed by atoms with Gasteiger partial charge >= 0.3 is 0 Å². The van der Waals surface area contributed by atoms with Crippen LogP contribution in [0, 0.1) is 0 Å². The van der Waals surface area contributed by atoms with Gasteiger partial charge in [-0.2, -0.15) is 4.98 Å². The molecule has 0 radical (unpaired) electrons. The van der Waals surface area contributed by atoms with Crippen LogP contribution in [0.5, 0.6) is 0 Å². The Hall–Kier alpha value is -1.70. The second-order valence-corrected chi connectivity index (χ2v) is 5.60. The van der Waals surface area contributed by atoms with E-state index < -0.39 is 0 Å². The molecule has 3 rings (SSSR count). The maximum atomic E-state index is 8.87. The lowest BCUT2D eigenvalue weighted by Gasteiger charge is -2.31. The summed E-state index contributed by atoms with van der Waals surface area (Å²) in [7, 11) is 0. The lowest BCUT2D eigenvalue weighted by atomic mass is 10.0. The number of nitrogens with one attached hydrogen (secondary N) is 1. The van der Waals surface area contributed by atoms with Crippen LogP contribution in [0.15, 0.2) is 27.3 Å². The van der Waals surface area contributed by atoms with Gasteiger partial charge in [-0.05, 0) is 25.0 Å². The lowest BCUT2D eigenvalue weighted by molar-refractivity contribution is 0.179. The molecule has 0 amide bonds. The second kappa shape index (κ2) is 7.53. The van der Waals surface area contributed by atoms with Gasteiger partial charge in [0.1, 0.15) is 12.4 Å². The van der Waals surface area contributed by atoms with Crippen molar-refractivity contribution in [2.24, 2.45) is 0 Å². The zero-order valence-corrected chi connectivity index (χ0v) is 12.6. The van der Waals surface area contributed by atoms with Crippen LogP contribution in [0.25, 0.3) is 0 Å². The third-order valence-electron chi connectivity index (χ3n) is 3.97. The third kappa shape index (κ3) is 4.16. The molecule has 22 heavy (non-hydrogen) atoms. The summed E-state index contributed by atoms with van der Waals surface area (Å²) in [6.45, 7) is 3.68. The maximum absolute atomic E-state index is 8.87. The summed E-state index contributed by atoms with van der Waals surface area (Å²) < 4.78 is 10.3. The topological polar surface area (TPSA) is 87.6 Å². The Morgan fingerprint density at radius 2 is 2.23 bits per heavy atom. The lowest BCUT2D eigenvalue weighted by Crippen LogP contribution is -2.42. The van der Waals surface area contributed by atoms with Crippen LogP contribution in [0.1, 0.15) is 30.3 Å². The Morgan fingerprint density at radius 3 is 2.91 bits per heavy atom. The molecule has 0 saturated carbocycles. The van der Waals surface area contributed by atoms with Crippen molar-refractivity contribution in [1.82, 2.24) is 20.4 Å². The van der Waals surface area contributed by atoms with E-state index in [-0.39, 0.29) is 12.5 Å². The van der Waals surface area contributed by atoms with Gasteiger partial charge in [0.15, 0.2) is 5.82 Å². The average molecular weight is 306 g/mol. The van der Waals surface area contributed by atoms with Crippen molar-refractivity contribution in [3.05, 3.63) is 35.9 Å². The Morgan fingerprint density at radius 1 is 1.36 bits per heavy atom. The minimum atomic E-state index is -0.200. The third-order valence-corrected chi connectivity index (χ3v) is 3.97. The highest BCUT2D eigenvalue weighted by molar-refractivity contribution is 4.98. The van der Waals surface area contributed by atoms with Crippen molar-refractivity contribution >= 4 is 0 Å². The van der Waals surface area contributed by atoms with Gasteiger partial charge in [-0.3, -0.25) is 4.90 Å². The van der Waals surface area contributed by atoms with Crippen LogP contribution in [0.4, 0.5) is 0 Å². The molecule has 1 fully saturated rings. The van der Waals surface area contributed by atoms with Crippen LogP contribution in [0.3, 0.4) is 0 Å². The molecule has 1 aliphatic heterocycles.